The Hall–Kier alpha value is -0.120. The maximum atomic E-state index is 6.03. The smallest absolute Gasteiger partial charge is 0.0794 e. The molecule has 1 aliphatic heterocycles. The summed E-state index contributed by atoms with van der Waals surface area (Å²) in [5.41, 5.74) is 1.89. The van der Waals surface area contributed by atoms with E-state index in [-0.39, 0.29) is 0 Å². The van der Waals surface area contributed by atoms with Gasteiger partial charge in [-0.15, -0.1) is 22.9 Å². The standard InChI is InChI=1S/C9H13ClN2S/c10-8-1-3-12(4-2-8)6-9-5-11-7-13-9/h5,7-8H,1-4,6H2. The molecule has 0 aliphatic carbocycles. The van der Waals surface area contributed by atoms with Crippen LogP contribution in [-0.4, -0.2) is 28.4 Å². The van der Waals surface area contributed by atoms with E-state index in [1.165, 1.54) is 4.88 Å². The van der Waals surface area contributed by atoms with E-state index in [1.807, 2.05) is 11.7 Å². The van der Waals surface area contributed by atoms with Crippen LogP contribution in [0.15, 0.2) is 11.7 Å². The summed E-state index contributed by atoms with van der Waals surface area (Å²) in [4.78, 5) is 7.87. The van der Waals surface area contributed by atoms with E-state index in [1.54, 1.807) is 11.3 Å². The van der Waals surface area contributed by atoms with Crippen LogP contribution >= 0.6 is 22.9 Å². The quantitative estimate of drug-likeness (QED) is 0.706. The molecule has 0 amide bonds. The molecule has 0 N–H and O–H groups in total. The van der Waals surface area contributed by atoms with Crippen molar-refractivity contribution in [3.63, 3.8) is 0 Å². The Labute approximate surface area is 87.5 Å². The molecule has 2 heterocycles. The molecule has 1 aromatic heterocycles. The van der Waals surface area contributed by atoms with Crippen molar-refractivity contribution in [1.29, 1.82) is 0 Å². The predicted molar refractivity (Wildman–Crippen MR) is 56.3 cm³/mol. The van der Waals surface area contributed by atoms with Gasteiger partial charge in [0.25, 0.3) is 0 Å². The first-order valence-electron chi connectivity index (χ1n) is 4.58. The van der Waals surface area contributed by atoms with Crippen LogP contribution in [0.1, 0.15) is 17.7 Å². The topological polar surface area (TPSA) is 16.1 Å². The fourth-order valence-corrected chi connectivity index (χ4v) is 2.43. The van der Waals surface area contributed by atoms with Crippen molar-refractivity contribution < 1.29 is 0 Å². The zero-order valence-corrected chi connectivity index (χ0v) is 9.02. The molecule has 72 valence electrons. The summed E-state index contributed by atoms with van der Waals surface area (Å²) < 4.78 is 0. The molecular formula is C9H13ClN2S. The van der Waals surface area contributed by atoms with Crippen LogP contribution in [-0.2, 0) is 6.54 Å². The number of nitrogens with zero attached hydrogens (tertiary/aromatic N) is 2. The van der Waals surface area contributed by atoms with Crippen molar-refractivity contribution >= 4 is 22.9 Å². The lowest BCUT2D eigenvalue weighted by atomic mass is 10.1. The first-order valence-corrected chi connectivity index (χ1v) is 5.90. The second-order valence-electron chi connectivity index (χ2n) is 3.42. The Balaban J connectivity index is 1.83. The van der Waals surface area contributed by atoms with Crippen molar-refractivity contribution in [2.24, 2.45) is 0 Å². The highest BCUT2D eigenvalue weighted by Gasteiger charge is 2.17. The van der Waals surface area contributed by atoms with Crippen LogP contribution in [0.2, 0.25) is 0 Å². The normalized spacial score (nSPS) is 20.7. The third kappa shape index (κ3) is 2.66. The highest BCUT2D eigenvalue weighted by Crippen LogP contribution is 2.18. The minimum Gasteiger partial charge on any atom is -0.298 e. The van der Waals surface area contributed by atoms with E-state index in [9.17, 15) is 0 Å². The molecule has 0 bridgehead atoms. The largest absolute Gasteiger partial charge is 0.298 e. The Kier molecular flexibility index (Phi) is 3.19. The monoisotopic (exact) mass is 216 g/mol. The van der Waals surface area contributed by atoms with Gasteiger partial charge in [0.05, 0.1) is 5.51 Å². The van der Waals surface area contributed by atoms with Gasteiger partial charge in [-0.2, -0.15) is 0 Å². The van der Waals surface area contributed by atoms with Crippen molar-refractivity contribution in [1.82, 2.24) is 9.88 Å². The lowest BCUT2D eigenvalue weighted by molar-refractivity contribution is 0.225. The summed E-state index contributed by atoms with van der Waals surface area (Å²) in [6, 6.07) is 0. The summed E-state index contributed by atoms with van der Waals surface area (Å²) >= 11 is 7.76. The Bertz CT molecular complexity index is 242. The van der Waals surface area contributed by atoms with Crippen molar-refractivity contribution in [3.05, 3.63) is 16.6 Å². The molecule has 0 saturated carbocycles. The Morgan fingerprint density at radius 1 is 1.54 bits per heavy atom. The van der Waals surface area contributed by atoms with Crippen LogP contribution < -0.4 is 0 Å². The Morgan fingerprint density at radius 3 is 2.92 bits per heavy atom. The number of thiazole rings is 1. The molecule has 13 heavy (non-hydrogen) atoms. The number of hydrogen-bond donors (Lipinski definition) is 0. The van der Waals surface area contributed by atoms with E-state index in [4.69, 9.17) is 11.6 Å². The van der Waals surface area contributed by atoms with E-state index >= 15 is 0 Å². The molecular weight excluding hydrogens is 204 g/mol. The molecule has 2 nitrogen and oxygen atoms in total. The summed E-state index contributed by atoms with van der Waals surface area (Å²) in [6.07, 6.45) is 4.21. The molecule has 0 spiro atoms. The van der Waals surface area contributed by atoms with E-state index in [2.05, 4.69) is 9.88 Å². The number of likely N-dealkylation sites (tertiary alicyclic amines) is 1. The highest BCUT2D eigenvalue weighted by molar-refractivity contribution is 7.09. The average molecular weight is 217 g/mol. The van der Waals surface area contributed by atoms with Gasteiger partial charge < -0.3 is 0 Å². The Morgan fingerprint density at radius 2 is 2.31 bits per heavy atom. The van der Waals surface area contributed by atoms with E-state index in [0.717, 1.165) is 32.5 Å². The van der Waals surface area contributed by atoms with Crippen LogP contribution in [0.3, 0.4) is 0 Å². The molecule has 0 radical (unpaired) electrons. The first kappa shape index (κ1) is 9.44. The van der Waals surface area contributed by atoms with Crippen molar-refractivity contribution in [2.45, 2.75) is 24.8 Å². The second-order valence-corrected chi connectivity index (χ2v) is 5.01. The van der Waals surface area contributed by atoms with Crippen LogP contribution in [0.4, 0.5) is 0 Å². The molecule has 1 fully saturated rings. The highest BCUT2D eigenvalue weighted by atomic mass is 35.5. The molecule has 4 heteroatoms. The summed E-state index contributed by atoms with van der Waals surface area (Å²) in [5.74, 6) is 0. The molecule has 1 aliphatic rings. The number of hydrogen-bond acceptors (Lipinski definition) is 3. The number of piperidine rings is 1. The number of alkyl halides is 1. The van der Waals surface area contributed by atoms with Crippen molar-refractivity contribution in [3.8, 4) is 0 Å². The molecule has 1 saturated heterocycles. The summed E-state index contributed by atoms with van der Waals surface area (Å²) in [7, 11) is 0. The summed E-state index contributed by atoms with van der Waals surface area (Å²) in [6.45, 7) is 3.31. The average Bonchev–Trinajstić information content (AvgIpc) is 2.62. The maximum absolute atomic E-state index is 6.03. The van der Waals surface area contributed by atoms with Crippen LogP contribution in [0.25, 0.3) is 0 Å². The second kappa shape index (κ2) is 4.40. The fraction of sp³-hybridized carbons (Fsp3) is 0.667. The van der Waals surface area contributed by atoms with E-state index < -0.39 is 0 Å². The van der Waals surface area contributed by atoms with Gasteiger partial charge >= 0.3 is 0 Å². The molecule has 0 aromatic carbocycles. The maximum Gasteiger partial charge on any atom is 0.0794 e. The minimum absolute atomic E-state index is 0.401. The third-order valence-electron chi connectivity index (χ3n) is 2.38. The fourth-order valence-electron chi connectivity index (χ4n) is 1.60. The number of halogens is 1. The number of aromatic nitrogens is 1. The third-order valence-corrected chi connectivity index (χ3v) is 3.58. The van der Waals surface area contributed by atoms with Gasteiger partial charge in [-0.25, -0.2) is 0 Å². The predicted octanol–water partition coefficient (Wildman–Crippen LogP) is 2.35. The lowest BCUT2D eigenvalue weighted by Crippen LogP contribution is -2.33. The zero-order chi connectivity index (χ0) is 9.10. The summed E-state index contributed by atoms with van der Waals surface area (Å²) in [5, 5.41) is 0.401. The molecule has 2 rings (SSSR count). The van der Waals surface area contributed by atoms with Gasteiger partial charge in [-0.3, -0.25) is 9.88 Å². The molecule has 0 unspecified atom stereocenters. The van der Waals surface area contributed by atoms with E-state index in [0.29, 0.717) is 5.38 Å². The molecule has 0 atom stereocenters. The van der Waals surface area contributed by atoms with Crippen molar-refractivity contribution in [2.75, 3.05) is 13.1 Å². The minimum atomic E-state index is 0.401. The van der Waals surface area contributed by atoms with Gasteiger partial charge in [0, 0.05) is 23.0 Å². The zero-order valence-electron chi connectivity index (χ0n) is 7.45. The van der Waals surface area contributed by atoms with Gasteiger partial charge in [0.15, 0.2) is 0 Å². The first-order chi connectivity index (χ1) is 6.34. The lowest BCUT2D eigenvalue weighted by Gasteiger charge is -2.28. The van der Waals surface area contributed by atoms with Crippen LogP contribution in [0, 0.1) is 0 Å². The van der Waals surface area contributed by atoms with Crippen LogP contribution in [0.5, 0.6) is 0 Å². The van der Waals surface area contributed by atoms with Gasteiger partial charge in [-0.05, 0) is 25.9 Å². The molecule has 1 aromatic rings. The van der Waals surface area contributed by atoms with Gasteiger partial charge in [-0.1, -0.05) is 0 Å². The van der Waals surface area contributed by atoms with Gasteiger partial charge in [0.2, 0.25) is 0 Å². The van der Waals surface area contributed by atoms with Gasteiger partial charge in [0.1, 0.15) is 0 Å². The number of rotatable bonds is 2. The SMILES string of the molecule is ClC1CCN(Cc2cncs2)CC1.